The fourth-order valence-corrected chi connectivity index (χ4v) is 2.10. The summed E-state index contributed by atoms with van der Waals surface area (Å²) >= 11 is 0. The molecule has 0 radical (unpaired) electrons. The number of aromatic nitrogens is 1. The number of unbranched alkanes of at least 4 members (excludes halogenated alkanes) is 1. The first-order valence-electron chi connectivity index (χ1n) is 7.58. The van der Waals surface area contributed by atoms with Gasteiger partial charge in [-0.2, -0.15) is 0 Å². The number of nitrogens with zero attached hydrogens (tertiary/aromatic N) is 2. The molecule has 0 aliphatic carbocycles. The number of rotatable bonds is 9. The Kier molecular flexibility index (Phi) is 7.59. The first-order chi connectivity index (χ1) is 10.5. The van der Waals surface area contributed by atoms with Crippen LogP contribution in [-0.4, -0.2) is 48.2 Å². The molecule has 7 nitrogen and oxygen atoms in total. The average molecular weight is 311 g/mol. The van der Waals surface area contributed by atoms with Gasteiger partial charge in [0.15, 0.2) is 5.82 Å². The molecule has 1 rings (SSSR count). The van der Waals surface area contributed by atoms with Gasteiger partial charge in [0.05, 0.1) is 19.2 Å². The second-order valence-electron chi connectivity index (χ2n) is 5.19. The van der Waals surface area contributed by atoms with Crippen LogP contribution in [0.25, 0.3) is 0 Å². The number of aryl methyl sites for hydroxylation is 1. The van der Waals surface area contributed by atoms with Crippen LogP contribution >= 0.6 is 0 Å². The summed E-state index contributed by atoms with van der Waals surface area (Å²) in [5.74, 6) is 0.471. The van der Waals surface area contributed by atoms with Crippen LogP contribution in [0.1, 0.15) is 38.9 Å². The third-order valence-electron chi connectivity index (χ3n) is 3.23. The van der Waals surface area contributed by atoms with Crippen LogP contribution in [0.3, 0.4) is 0 Å². The van der Waals surface area contributed by atoms with E-state index < -0.39 is 6.04 Å². The molecule has 1 unspecified atom stereocenters. The molecule has 1 heterocycles. The molecule has 1 aromatic heterocycles. The lowest BCUT2D eigenvalue weighted by Crippen LogP contribution is -2.44. The lowest BCUT2D eigenvalue weighted by molar-refractivity contribution is -0.145. The number of hydrogen-bond donors (Lipinski definition) is 1. The molecule has 0 bridgehead atoms. The van der Waals surface area contributed by atoms with Crippen LogP contribution in [0.5, 0.6) is 0 Å². The Morgan fingerprint density at radius 3 is 2.73 bits per heavy atom. The Morgan fingerprint density at radius 2 is 2.18 bits per heavy atom. The minimum Gasteiger partial charge on any atom is -0.465 e. The molecule has 1 aromatic rings. The van der Waals surface area contributed by atoms with Crippen molar-refractivity contribution in [2.24, 2.45) is 0 Å². The molecule has 7 heteroatoms. The van der Waals surface area contributed by atoms with Gasteiger partial charge < -0.3 is 14.6 Å². The topological polar surface area (TPSA) is 84.7 Å². The second-order valence-corrected chi connectivity index (χ2v) is 5.19. The Hall–Kier alpha value is -1.89. The van der Waals surface area contributed by atoms with Gasteiger partial charge >= 0.3 is 5.97 Å². The number of carbonyl (C=O) groups is 2. The summed E-state index contributed by atoms with van der Waals surface area (Å²) in [6, 6.07) is 1.24. The minimum absolute atomic E-state index is 0.0769. The van der Waals surface area contributed by atoms with Gasteiger partial charge in [-0.3, -0.25) is 14.5 Å². The van der Waals surface area contributed by atoms with E-state index in [2.05, 4.69) is 17.4 Å². The van der Waals surface area contributed by atoms with Gasteiger partial charge in [0.2, 0.25) is 5.91 Å². The number of ether oxygens (including phenoxy) is 1. The van der Waals surface area contributed by atoms with Crippen LogP contribution < -0.4 is 5.32 Å². The third-order valence-corrected chi connectivity index (χ3v) is 3.23. The number of likely N-dealkylation sites (N-methyl/N-ethyl adjacent to an activating group) is 1. The van der Waals surface area contributed by atoms with Crippen molar-refractivity contribution in [2.75, 3.05) is 25.5 Å². The number of esters is 1. The van der Waals surface area contributed by atoms with Crippen molar-refractivity contribution >= 4 is 17.7 Å². The number of amides is 1. The zero-order valence-corrected chi connectivity index (χ0v) is 13.7. The summed E-state index contributed by atoms with van der Waals surface area (Å²) < 4.78 is 9.86. The van der Waals surface area contributed by atoms with Gasteiger partial charge in [-0.1, -0.05) is 24.9 Å². The maximum Gasteiger partial charge on any atom is 0.320 e. The number of anilines is 1. The van der Waals surface area contributed by atoms with Crippen molar-refractivity contribution in [3.63, 3.8) is 0 Å². The van der Waals surface area contributed by atoms with E-state index in [4.69, 9.17) is 9.26 Å². The zero-order valence-electron chi connectivity index (χ0n) is 13.7. The monoisotopic (exact) mass is 311 g/mol. The van der Waals surface area contributed by atoms with Crippen LogP contribution in [0.2, 0.25) is 0 Å². The molecule has 0 saturated carbocycles. The predicted molar refractivity (Wildman–Crippen MR) is 82.4 cm³/mol. The smallest absolute Gasteiger partial charge is 0.320 e. The highest BCUT2D eigenvalue weighted by Gasteiger charge is 2.25. The van der Waals surface area contributed by atoms with E-state index in [0.717, 1.165) is 12.8 Å². The first kappa shape index (κ1) is 18.2. The number of nitrogens with one attached hydrogen (secondary N) is 1. The Bertz CT molecular complexity index is 487. The molecule has 0 aliphatic heterocycles. The molecule has 0 saturated heterocycles. The molecular weight excluding hydrogens is 286 g/mol. The van der Waals surface area contributed by atoms with Crippen molar-refractivity contribution < 1.29 is 18.8 Å². The summed E-state index contributed by atoms with van der Waals surface area (Å²) in [7, 11) is 1.74. The Morgan fingerprint density at radius 1 is 1.45 bits per heavy atom. The van der Waals surface area contributed by atoms with E-state index in [-0.39, 0.29) is 18.4 Å². The van der Waals surface area contributed by atoms with Gasteiger partial charge in [0.1, 0.15) is 5.76 Å². The lowest BCUT2D eigenvalue weighted by Gasteiger charge is -2.25. The van der Waals surface area contributed by atoms with E-state index in [1.165, 1.54) is 0 Å². The van der Waals surface area contributed by atoms with E-state index in [0.29, 0.717) is 24.6 Å². The molecule has 1 amide bonds. The standard InChI is InChI=1S/C15H25N3O4/c1-5-7-8-12(18(4)10-14(19)21-6-2)15(20)16-13-9-11(3)22-17-13/h9,12H,5-8,10H2,1-4H3,(H,16,17,20). The summed E-state index contributed by atoms with van der Waals surface area (Å²) in [6.07, 6.45) is 2.53. The molecule has 22 heavy (non-hydrogen) atoms. The molecule has 0 aliphatic rings. The van der Waals surface area contributed by atoms with Gasteiger partial charge in [0.25, 0.3) is 0 Å². The highest BCUT2D eigenvalue weighted by Crippen LogP contribution is 2.12. The highest BCUT2D eigenvalue weighted by atomic mass is 16.5. The van der Waals surface area contributed by atoms with E-state index >= 15 is 0 Å². The van der Waals surface area contributed by atoms with E-state index in [9.17, 15) is 9.59 Å². The Balaban J connectivity index is 2.68. The first-order valence-corrected chi connectivity index (χ1v) is 7.58. The molecule has 1 N–H and O–H groups in total. The number of carbonyl (C=O) groups excluding carboxylic acids is 2. The molecule has 0 fully saturated rings. The summed E-state index contributed by atoms with van der Waals surface area (Å²) in [6.45, 7) is 5.97. The predicted octanol–water partition coefficient (Wildman–Crippen LogP) is 1.98. The van der Waals surface area contributed by atoms with Crippen molar-refractivity contribution in [1.29, 1.82) is 0 Å². The maximum atomic E-state index is 12.4. The largest absolute Gasteiger partial charge is 0.465 e. The van der Waals surface area contributed by atoms with Gasteiger partial charge in [-0.15, -0.1) is 0 Å². The quantitative estimate of drug-likeness (QED) is 0.702. The SMILES string of the molecule is CCCCC(C(=O)Nc1cc(C)on1)N(C)CC(=O)OCC. The fraction of sp³-hybridized carbons (Fsp3) is 0.667. The number of hydrogen-bond acceptors (Lipinski definition) is 6. The summed E-state index contributed by atoms with van der Waals surface area (Å²) in [5, 5.41) is 6.47. The molecule has 1 atom stereocenters. The molecular formula is C15H25N3O4. The highest BCUT2D eigenvalue weighted by molar-refractivity contribution is 5.94. The van der Waals surface area contributed by atoms with Crippen molar-refractivity contribution in [3.8, 4) is 0 Å². The van der Waals surface area contributed by atoms with Crippen LogP contribution in [0.4, 0.5) is 5.82 Å². The minimum atomic E-state index is -0.415. The van der Waals surface area contributed by atoms with Crippen LogP contribution in [-0.2, 0) is 14.3 Å². The van der Waals surface area contributed by atoms with Crippen LogP contribution in [0, 0.1) is 6.92 Å². The molecule has 0 spiro atoms. The molecule has 124 valence electrons. The fourth-order valence-electron chi connectivity index (χ4n) is 2.10. The van der Waals surface area contributed by atoms with Crippen molar-refractivity contribution in [1.82, 2.24) is 10.1 Å². The van der Waals surface area contributed by atoms with Crippen molar-refractivity contribution in [3.05, 3.63) is 11.8 Å². The van der Waals surface area contributed by atoms with Crippen molar-refractivity contribution in [2.45, 2.75) is 46.1 Å². The maximum absolute atomic E-state index is 12.4. The van der Waals surface area contributed by atoms with Crippen LogP contribution in [0.15, 0.2) is 10.6 Å². The van der Waals surface area contributed by atoms with Gasteiger partial charge in [0, 0.05) is 6.07 Å². The van der Waals surface area contributed by atoms with Gasteiger partial charge in [-0.25, -0.2) is 0 Å². The van der Waals surface area contributed by atoms with Gasteiger partial charge in [-0.05, 0) is 27.3 Å². The summed E-state index contributed by atoms with van der Waals surface area (Å²) in [5.41, 5.74) is 0. The zero-order chi connectivity index (χ0) is 16.5. The normalized spacial score (nSPS) is 12.2. The summed E-state index contributed by atoms with van der Waals surface area (Å²) in [4.78, 5) is 25.7. The average Bonchev–Trinajstić information content (AvgIpc) is 2.84. The van der Waals surface area contributed by atoms with E-state index in [1.54, 1.807) is 31.9 Å². The second kappa shape index (κ2) is 9.19. The van der Waals surface area contributed by atoms with E-state index in [1.807, 2.05) is 0 Å². The third kappa shape index (κ3) is 5.85. The lowest BCUT2D eigenvalue weighted by atomic mass is 10.1. The molecule has 0 aromatic carbocycles. The Labute approximate surface area is 131 Å².